The third kappa shape index (κ3) is 3.04. The highest BCUT2D eigenvalue weighted by Gasteiger charge is 2.07. The normalized spacial score (nSPS) is 10.5. The van der Waals surface area contributed by atoms with E-state index in [2.05, 4.69) is 27.4 Å². The summed E-state index contributed by atoms with van der Waals surface area (Å²) in [5.74, 6) is 1.14. The number of hydrogen-bond donors (Lipinski definition) is 2. The van der Waals surface area contributed by atoms with Crippen molar-refractivity contribution in [3.8, 4) is 11.8 Å². The molecule has 2 aromatic rings. The van der Waals surface area contributed by atoms with Crippen LogP contribution in [-0.4, -0.2) is 21.7 Å². The molecule has 0 saturated heterocycles. The van der Waals surface area contributed by atoms with Gasteiger partial charge in [0.2, 0.25) is 11.8 Å². The number of rotatable bonds is 5. The van der Waals surface area contributed by atoms with Gasteiger partial charge in [-0.15, -0.1) is 5.10 Å². The van der Waals surface area contributed by atoms with Crippen molar-refractivity contribution in [3.63, 3.8) is 0 Å². The van der Waals surface area contributed by atoms with E-state index in [9.17, 15) is 0 Å². The number of ether oxygens (including phenoxy) is 1. The molecule has 0 unspecified atom stereocenters. The third-order valence-corrected chi connectivity index (χ3v) is 2.30. The predicted octanol–water partition coefficient (Wildman–Crippen LogP) is 2.01. The van der Waals surface area contributed by atoms with E-state index in [-0.39, 0.29) is 0 Å². The first-order chi connectivity index (χ1) is 8.29. The fourth-order valence-corrected chi connectivity index (χ4v) is 1.45. The van der Waals surface area contributed by atoms with Crippen LogP contribution < -0.4 is 10.1 Å². The van der Waals surface area contributed by atoms with Crippen LogP contribution in [-0.2, 0) is 6.54 Å². The van der Waals surface area contributed by atoms with Crippen LogP contribution in [0.2, 0.25) is 0 Å². The van der Waals surface area contributed by atoms with E-state index in [1.165, 1.54) is 0 Å². The number of aromatic amines is 1. The largest absolute Gasteiger partial charge is 0.419 e. The Morgan fingerprint density at radius 2 is 2.35 bits per heavy atom. The first-order valence-electron chi connectivity index (χ1n) is 5.64. The average Bonchev–Trinajstić information content (AvgIpc) is 2.74. The molecule has 0 amide bonds. The molecule has 0 radical (unpaired) electrons. The first kappa shape index (κ1) is 11.6. The number of nitrogens with one attached hydrogen (secondary N) is 2. The van der Waals surface area contributed by atoms with E-state index >= 15 is 0 Å². The molecule has 5 nitrogen and oxygen atoms in total. The van der Waals surface area contributed by atoms with Gasteiger partial charge in [-0.25, -0.2) is 4.98 Å². The van der Waals surface area contributed by atoms with Crippen molar-refractivity contribution in [2.24, 2.45) is 0 Å². The SMILES string of the molecule is CCNCc1cccnc1Oc1cc(C)[nH]n1. The molecular weight excluding hydrogens is 216 g/mol. The van der Waals surface area contributed by atoms with Crippen molar-refractivity contribution < 1.29 is 4.74 Å². The van der Waals surface area contributed by atoms with Crippen molar-refractivity contribution in [3.05, 3.63) is 35.7 Å². The van der Waals surface area contributed by atoms with E-state index < -0.39 is 0 Å². The molecule has 90 valence electrons. The molecule has 2 aromatic heterocycles. The molecule has 2 heterocycles. The van der Waals surface area contributed by atoms with Crippen molar-refractivity contribution in [1.29, 1.82) is 0 Å². The standard InChI is InChI=1S/C12H16N4O/c1-3-13-8-10-5-4-6-14-12(10)17-11-7-9(2)15-16-11/h4-7,13H,3,8H2,1-2H3,(H,15,16). The summed E-state index contributed by atoms with van der Waals surface area (Å²) in [6.45, 7) is 5.64. The van der Waals surface area contributed by atoms with E-state index in [1.54, 1.807) is 6.20 Å². The van der Waals surface area contributed by atoms with Crippen molar-refractivity contribution in [1.82, 2.24) is 20.5 Å². The average molecular weight is 232 g/mol. The summed E-state index contributed by atoms with van der Waals surface area (Å²) in [6, 6.07) is 5.73. The van der Waals surface area contributed by atoms with Gasteiger partial charge in [0.15, 0.2) is 0 Å². The molecule has 0 fully saturated rings. The lowest BCUT2D eigenvalue weighted by Gasteiger charge is -2.07. The van der Waals surface area contributed by atoms with E-state index in [4.69, 9.17) is 4.74 Å². The Bertz CT molecular complexity index is 481. The highest BCUT2D eigenvalue weighted by atomic mass is 16.5. The summed E-state index contributed by atoms with van der Waals surface area (Å²) in [5.41, 5.74) is 1.99. The second-order valence-electron chi connectivity index (χ2n) is 3.74. The molecule has 5 heteroatoms. The van der Waals surface area contributed by atoms with Gasteiger partial charge in [-0.2, -0.15) is 0 Å². The van der Waals surface area contributed by atoms with Crippen LogP contribution in [0.3, 0.4) is 0 Å². The van der Waals surface area contributed by atoms with Crippen LogP contribution >= 0.6 is 0 Å². The van der Waals surface area contributed by atoms with Gasteiger partial charge in [0.05, 0.1) is 0 Å². The maximum Gasteiger partial charge on any atom is 0.240 e. The van der Waals surface area contributed by atoms with Crippen LogP contribution in [0, 0.1) is 6.92 Å². The molecule has 0 spiro atoms. The summed E-state index contributed by atoms with van der Waals surface area (Å²) < 4.78 is 5.63. The number of pyridine rings is 1. The Labute approximate surface area is 100 Å². The molecule has 0 saturated carbocycles. The number of H-pyrrole nitrogens is 1. The highest BCUT2D eigenvalue weighted by molar-refractivity contribution is 5.29. The molecule has 2 N–H and O–H groups in total. The molecule has 2 rings (SSSR count). The number of aromatic nitrogens is 3. The van der Waals surface area contributed by atoms with Crippen molar-refractivity contribution in [2.45, 2.75) is 20.4 Å². The van der Waals surface area contributed by atoms with E-state index in [1.807, 2.05) is 25.1 Å². The Balaban J connectivity index is 2.14. The first-order valence-corrected chi connectivity index (χ1v) is 5.64. The molecule has 0 bridgehead atoms. The lowest BCUT2D eigenvalue weighted by atomic mass is 10.2. The van der Waals surface area contributed by atoms with Crippen LogP contribution in [0.15, 0.2) is 24.4 Å². The van der Waals surface area contributed by atoms with Gasteiger partial charge in [-0.1, -0.05) is 13.0 Å². The van der Waals surface area contributed by atoms with Gasteiger partial charge in [-0.05, 0) is 19.5 Å². The van der Waals surface area contributed by atoms with Crippen molar-refractivity contribution >= 4 is 0 Å². The topological polar surface area (TPSA) is 62.8 Å². The second kappa shape index (κ2) is 5.45. The lowest BCUT2D eigenvalue weighted by molar-refractivity contribution is 0.435. The predicted molar refractivity (Wildman–Crippen MR) is 65.0 cm³/mol. The fourth-order valence-electron chi connectivity index (χ4n) is 1.45. The van der Waals surface area contributed by atoms with Crippen molar-refractivity contribution in [2.75, 3.05) is 6.54 Å². The maximum atomic E-state index is 5.63. The molecule has 0 aliphatic heterocycles. The Kier molecular flexibility index (Phi) is 3.72. The lowest BCUT2D eigenvalue weighted by Crippen LogP contribution is -2.12. The van der Waals surface area contributed by atoms with Crippen LogP contribution in [0.25, 0.3) is 0 Å². The summed E-state index contributed by atoms with van der Waals surface area (Å²) in [4.78, 5) is 4.22. The van der Waals surface area contributed by atoms with Crippen LogP contribution in [0.1, 0.15) is 18.2 Å². The highest BCUT2D eigenvalue weighted by Crippen LogP contribution is 2.21. The molecule has 0 aliphatic carbocycles. The van der Waals surface area contributed by atoms with E-state index in [0.717, 1.165) is 24.3 Å². The van der Waals surface area contributed by atoms with Gasteiger partial charge >= 0.3 is 0 Å². The zero-order valence-corrected chi connectivity index (χ0v) is 10.0. The third-order valence-electron chi connectivity index (χ3n) is 2.30. The zero-order valence-electron chi connectivity index (χ0n) is 10.0. The van der Waals surface area contributed by atoms with E-state index in [0.29, 0.717) is 11.8 Å². The molecular formula is C12H16N4O. The minimum Gasteiger partial charge on any atom is -0.419 e. The zero-order chi connectivity index (χ0) is 12.1. The number of aryl methyl sites for hydroxylation is 1. The quantitative estimate of drug-likeness (QED) is 0.827. The summed E-state index contributed by atoms with van der Waals surface area (Å²) >= 11 is 0. The minimum absolute atomic E-state index is 0.541. The van der Waals surface area contributed by atoms with Crippen LogP contribution in [0.4, 0.5) is 0 Å². The van der Waals surface area contributed by atoms with Crippen LogP contribution in [0.5, 0.6) is 11.8 Å². The monoisotopic (exact) mass is 232 g/mol. The van der Waals surface area contributed by atoms with Gasteiger partial charge < -0.3 is 10.1 Å². The molecule has 0 aliphatic rings. The van der Waals surface area contributed by atoms with Gasteiger partial charge in [0.25, 0.3) is 0 Å². The smallest absolute Gasteiger partial charge is 0.240 e. The maximum absolute atomic E-state index is 5.63. The molecule has 0 atom stereocenters. The number of nitrogens with zero attached hydrogens (tertiary/aromatic N) is 2. The molecule has 17 heavy (non-hydrogen) atoms. The number of hydrogen-bond acceptors (Lipinski definition) is 4. The second-order valence-corrected chi connectivity index (χ2v) is 3.74. The van der Waals surface area contributed by atoms with Gasteiger partial charge in [-0.3, -0.25) is 5.10 Å². The summed E-state index contributed by atoms with van der Waals surface area (Å²) in [7, 11) is 0. The fraction of sp³-hybridized carbons (Fsp3) is 0.333. The minimum atomic E-state index is 0.541. The van der Waals surface area contributed by atoms with Gasteiger partial charge in [0, 0.05) is 30.1 Å². The summed E-state index contributed by atoms with van der Waals surface area (Å²) in [5, 5.41) is 10.1. The summed E-state index contributed by atoms with van der Waals surface area (Å²) in [6.07, 6.45) is 1.71. The van der Waals surface area contributed by atoms with Gasteiger partial charge in [0.1, 0.15) is 0 Å². The molecule has 0 aromatic carbocycles. The Hall–Kier alpha value is -1.88. The Morgan fingerprint density at radius 1 is 1.47 bits per heavy atom. The Morgan fingerprint density at radius 3 is 3.06 bits per heavy atom.